The molecule has 1 unspecified atom stereocenters. The van der Waals surface area contributed by atoms with E-state index in [-0.39, 0.29) is 0 Å². The summed E-state index contributed by atoms with van der Waals surface area (Å²) in [5.74, 6) is 0.774. The Morgan fingerprint density at radius 2 is 2.58 bits per heavy atom. The highest BCUT2D eigenvalue weighted by Gasteiger charge is 2.16. The average molecular weight is 188 g/mol. The van der Waals surface area contributed by atoms with E-state index in [0.29, 0.717) is 6.61 Å². The van der Waals surface area contributed by atoms with Gasteiger partial charge in [-0.25, -0.2) is 0 Å². The second-order valence-corrected chi connectivity index (χ2v) is 3.41. The molecule has 0 bridgehead atoms. The maximum absolute atomic E-state index is 5.31. The molecule has 3 heteroatoms. The number of hydrogen-bond donors (Lipinski definition) is 0. The molecule has 0 radical (unpaired) electrons. The van der Waals surface area contributed by atoms with Gasteiger partial charge in [-0.1, -0.05) is 23.7 Å². The molecular formula is C9H14ClNO. The van der Waals surface area contributed by atoms with Crippen LogP contribution in [0.1, 0.15) is 26.2 Å². The number of rotatable bonds is 3. The third-order valence-corrected chi connectivity index (χ3v) is 2.14. The summed E-state index contributed by atoms with van der Waals surface area (Å²) in [5.41, 5.74) is 2.63. The lowest BCUT2D eigenvalue weighted by molar-refractivity contribution is 0.173. The van der Waals surface area contributed by atoms with Crippen LogP contribution in [-0.2, 0) is 4.84 Å². The summed E-state index contributed by atoms with van der Waals surface area (Å²) >= 11 is 5.31. The van der Waals surface area contributed by atoms with Crippen LogP contribution < -0.4 is 0 Å². The van der Waals surface area contributed by atoms with Crippen molar-refractivity contribution in [2.45, 2.75) is 26.2 Å². The largest absolute Gasteiger partial charge is 0.392 e. The summed E-state index contributed by atoms with van der Waals surface area (Å²) in [6, 6.07) is 0. The first kappa shape index (κ1) is 9.59. The molecule has 0 aromatic carbocycles. The van der Waals surface area contributed by atoms with Crippen molar-refractivity contribution in [3.63, 3.8) is 0 Å². The second kappa shape index (κ2) is 5.20. The van der Waals surface area contributed by atoms with Crippen LogP contribution in [0.4, 0.5) is 0 Å². The van der Waals surface area contributed by atoms with E-state index in [9.17, 15) is 0 Å². The SMILES string of the molecule is CC1CC/C(=N/OC/C=C/Cl)C1. The molecule has 1 aliphatic carbocycles. The van der Waals surface area contributed by atoms with Crippen LogP contribution in [-0.4, -0.2) is 12.3 Å². The first-order valence-corrected chi connectivity index (χ1v) is 4.69. The molecule has 0 saturated heterocycles. The molecule has 12 heavy (non-hydrogen) atoms. The molecule has 0 aromatic rings. The zero-order valence-corrected chi connectivity index (χ0v) is 8.05. The molecule has 1 atom stereocenters. The van der Waals surface area contributed by atoms with E-state index in [1.165, 1.54) is 17.7 Å². The number of oxime groups is 1. The molecule has 1 saturated carbocycles. The Hall–Kier alpha value is -0.500. The Morgan fingerprint density at radius 3 is 3.17 bits per heavy atom. The highest BCUT2D eigenvalue weighted by atomic mass is 35.5. The first-order valence-electron chi connectivity index (χ1n) is 4.26. The summed E-state index contributed by atoms with van der Waals surface area (Å²) < 4.78 is 0. The standard InChI is InChI=1S/C9H14ClNO/c1-8-3-4-9(7-8)11-12-6-2-5-10/h2,5,8H,3-4,6-7H2,1H3/b5-2+,11-9-. The van der Waals surface area contributed by atoms with Crippen LogP contribution in [0.25, 0.3) is 0 Å². The molecule has 0 aliphatic heterocycles. The molecule has 0 aromatic heterocycles. The average Bonchev–Trinajstić information content (AvgIpc) is 2.45. The van der Waals surface area contributed by atoms with Gasteiger partial charge < -0.3 is 4.84 Å². The summed E-state index contributed by atoms with van der Waals surface area (Å²) in [5, 5.41) is 4.02. The predicted molar refractivity (Wildman–Crippen MR) is 51.4 cm³/mol. The van der Waals surface area contributed by atoms with Crippen LogP contribution in [0.5, 0.6) is 0 Å². The number of nitrogens with zero attached hydrogens (tertiary/aromatic N) is 1. The molecular weight excluding hydrogens is 174 g/mol. The maximum atomic E-state index is 5.31. The van der Waals surface area contributed by atoms with E-state index in [4.69, 9.17) is 16.4 Å². The molecule has 68 valence electrons. The van der Waals surface area contributed by atoms with Crippen LogP contribution >= 0.6 is 11.6 Å². The first-order chi connectivity index (χ1) is 5.83. The van der Waals surface area contributed by atoms with Gasteiger partial charge in [0, 0.05) is 5.54 Å². The van der Waals surface area contributed by atoms with E-state index in [0.717, 1.165) is 18.8 Å². The van der Waals surface area contributed by atoms with Crippen LogP contribution in [0.3, 0.4) is 0 Å². The van der Waals surface area contributed by atoms with Crippen molar-refractivity contribution >= 4 is 17.3 Å². The Labute approximate surface area is 78.2 Å². The van der Waals surface area contributed by atoms with Crippen molar-refractivity contribution in [3.8, 4) is 0 Å². The van der Waals surface area contributed by atoms with Gasteiger partial charge in [0.1, 0.15) is 6.61 Å². The monoisotopic (exact) mass is 187 g/mol. The molecule has 0 spiro atoms. The molecule has 0 heterocycles. The normalized spacial score (nSPS) is 27.2. The van der Waals surface area contributed by atoms with Crippen molar-refractivity contribution in [2.75, 3.05) is 6.61 Å². The van der Waals surface area contributed by atoms with Crippen molar-refractivity contribution in [1.82, 2.24) is 0 Å². The van der Waals surface area contributed by atoms with Gasteiger partial charge in [-0.05, 0) is 31.3 Å². The van der Waals surface area contributed by atoms with Gasteiger partial charge in [0.15, 0.2) is 0 Å². The zero-order valence-electron chi connectivity index (χ0n) is 7.29. The molecule has 2 nitrogen and oxygen atoms in total. The van der Waals surface area contributed by atoms with Crippen LogP contribution in [0.2, 0.25) is 0 Å². The number of halogens is 1. The highest BCUT2D eigenvalue weighted by Crippen LogP contribution is 2.21. The third kappa shape index (κ3) is 3.26. The van der Waals surface area contributed by atoms with E-state index in [1.54, 1.807) is 6.08 Å². The Bertz CT molecular complexity index is 189. The van der Waals surface area contributed by atoms with E-state index in [1.807, 2.05) is 0 Å². The minimum Gasteiger partial charge on any atom is -0.392 e. The van der Waals surface area contributed by atoms with Gasteiger partial charge in [-0.15, -0.1) is 0 Å². The zero-order chi connectivity index (χ0) is 8.81. The lowest BCUT2D eigenvalue weighted by atomic mass is 10.1. The lowest BCUT2D eigenvalue weighted by Crippen LogP contribution is -1.93. The predicted octanol–water partition coefficient (Wildman–Crippen LogP) is 2.93. The minimum absolute atomic E-state index is 0.474. The molecule has 1 rings (SSSR count). The molecule has 1 aliphatic rings. The van der Waals surface area contributed by atoms with Crippen LogP contribution in [0.15, 0.2) is 16.8 Å². The van der Waals surface area contributed by atoms with Gasteiger partial charge in [-0.3, -0.25) is 0 Å². The molecule has 0 N–H and O–H groups in total. The fourth-order valence-electron chi connectivity index (χ4n) is 1.31. The van der Waals surface area contributed by atoms with Crippen molar-refractivity contribution in [3.05, 3.63) is 11.6 Å². The van der Waals surface area contributed by atoms with E-state index >= 15 is 0 Å². The number of hydrogen-bond acceptors (Lipinski definition) is 2. The topological polar surface area (TPSA) is 21.6 Å². The summed E-state index contributed by atoms with van der Waals surface area (Å²) in [6.45, 7) is 2.71. The fraction of sp³-hybridized carbons (Fsp3) is 0.667. The Morgan fingerprint density at radius 1 is 1.75 bits per heavy atom. The smallest absolute Gasteiger partial charge is 0.136 e. The van der Waals surface area contributed by atoms with Gasteiger partial charge in [0.05, 0.1) is 5.71 Å². The fourth-order valence-corrected chi connectivity index (χ4v) is 1.38. The quantitative estimate of drug-likeness (QED) is 0.492. The third-order valence-electron chi connectivity index (χ3n) is 1.96. The maximum Gasteiger partial charge on any atom is 0.136 e. The van der Waals surface area contributed by atoms with E-state index < -0.39 is 0 Å². The van der Waals surface area contributed by atoms with Gasteiger partial charge in [0.2, 0.25) is 0 Å². The second-order valence-electron chi connectivity index (χ2n) is 3.16. The Kier molecular flexibility index (Phi) is 4.15. The molecule has 0 amide bonds. The van der Waals surface area contributed by atoms with Crippen molar-refractivity contribution in [2.24, 2.45) is 11.1 Å². The highest BCUT2D eigenvalue weighted by molar-refractivity contribution is 6.25. The van der Waals surface area contributed by atoms with Crippen LogP contribution in [0, 0.1) is 5.92 Å². The Balaban J connectivity index is 2.19. The summed E-state index contributed by atoms with van der Waals surface area (Å²) in [6.07, 6.45) is 5.15. The van der Waals surface area contributed by atoms with Gasteiger partial charge in [-0.2, -0.15) is 0 Å². The molecule has 1 fully saturated rings. The lowest BCUT2D eigenvalue weighted by Gasteiger charge is -1.96. The van der Waals surface area contributed by atoms with E-state index in [2.05, 4.69) is 12.1 Å². The van der Waals surface area contributed by atoms with Crippen molar-refractivity contribution < 1.29 is 4.84 Å². The van der Waals surface area contributed by atoms with Gasteiger partial charge in [0.25, 0.3) is 0 Å². The van der Waals surface area contributed by atoms with Gasteiger partial charge >= 0.3 is 0 Å². The minimum atomic E-state index is 0.474. The van der Waals surface area contributed by atoms with Crippen molar-refractivity contribution in [1.29, 1.82) is 0 Å². The summed E-state index contributed by atoms with van der Waals surface area (Å²) in [4.78, 5) is 5.02. The summed E-state index contributed by atoms with van der Waals surface area (Å²) in [7, 11) is 0.